The van der Waals surface area contributed by atoms with Gasteiger partial charge in [-0.1, -0.05) is 6.07 Å². The molecule has 0 aromatic carbocycles. The Balaban J connectivity index is 0.000000786. The minimum Gasteiger partial charge on any atom is -0.481 e. The number of rotatable bonds is 6. The molecule has 12 nitrogen and oxygen atoms in total. The first-order valence-corrected chi connectivity index (χ1v) is 13.0. The highest BCUT2D eigenvalue weighted by atomic mass is 19.4. The quantitative estimate of drug-likeness (QED) is 0.323. The lowest BCUT2D eigenvalue weighted by molar-refractivity contribution is -0.193. The molecule has 4 N–H and O–H groups in total. The highest BCUT2D eigenvalue weighted by Crippen LogP contribution is 2.43. The Hall–Kier alpha value is -3.72. The number of carbonyl (C=O) groups is 4. The van der Waals surface area contributed by atoms with Crippen molar-refractivity contribution in [1.82, 2.24) is 19.7 Å². The maximum atomic E-state index is 12.2. The zero-order valence-corrected chi connectivity index (χ0v) is 24.4. The summed E-state index contributed by atoms with van der Waals surface area (Å²) in [5.74, 6) is -8.68. The molecule has 3 rings (SSSR count). The molecule has 2 aliphatic rings. The van der Waals surface area contributed by atoms with E-state index in [1.807, 2.05) is 24.4 Å². The maximum absolute atomic E-state index is 12.2. The Morgan fingerprint density at radius 3 is 1.67 bits per heavy atom. The van der Waals surface area contributed by atoms with Crippen LogP contribution in [0.15, 0.2) is 24.4 Å². The van der Waals surface area contributed by atoms with Gasteiger partial charge < -0.3 is 30.2 Å². The second-order valence-electron chi connectivity index (χ2n) is 10.3. The first-order chi connectivity index (χ1) is 20.8. The molecule has 3 heterocycles. The molecule has 2 saturated heterocycles. The lowest BCUT2D eigenvalue weighted by atomic mass is 9.75. The predicted octanol–water partition coefficient (Wildman–Crippen LogP) is 3.14. The Labute approximate surface area is 256 Å². The monoisotopic (exact) mass is 688 g/mol. The van der Waals surface area contributed by atoms with Gasteiger partial charge in [-0.25, -0.2) is 14.4 Å². The largest absolute Gasteiger partial charge is 0.490 e. The van der Waals surface area contributed by atoms with Crippen molar-refractivity contribution in [3.8, 4) is 0 Å². The van der Waals surface area contributed by atoms with Crippen molar-refractivity contribution in [3.63, 3.8) is 0 Å². The van der Waals surface area contributed by atoms with Gasteiger partial charge in [0, 0.05) is 51.4 Å². The molecule has 0 saturated carbocycles. The van der Waals surface area contributed by atoms with Crippen LogP contribution in [0.5, 0.6) is 0 Å². The van der Waals surface area contributed by atoms with Gasteiger partial charge in [0.15, 0.2) is 0 Å². The first kappa shape index (κ1) is 42.3. The number of alkyl halides is 9. The summed E-state index contributed by atoms with van der Waals surface area (Å²) in [6.45, 7) is 6.11. The van der Waals surface area contributed by atoms with Crippen LogP contribution in [0.2, 0.25) is 0 Å². The van der Waals surface area contributed by atoms with Gasteiger partial charge in [0.1, 0.15) is 0 Å². The minimum atomic E-state index is -5.08. The number of aromatic nitrogens is 1. The smallest absolute Gasteiger partial charge is 0.481 e. The summed E-state index contributed by atoms with van der Waals surface area (Å²) in [5, 5.41) is 31.4. The molecule has 0 bridgehead atoms. The Bertz CT molecular complexity index is 1080. The van der Waals surface area contributed by atoms with Gasteiger partial charge >= 0.3 is 42.4 Å². The summed E-state index contributed by atoms with van der Waals surface area (Å²) in [6.07, 6.45) is -11.7. The van der Waals surface area contributed by atoms with Crippen molar-refractivity contribution < 1.29 is 79.1 Å². The highest BCUT2D eigenvalue weighted by Gasteiger charge is 2.53. The van der Waals surface area contributed by atoms with E-state index in [1.54, 1.807) is 0 Å². The molecule has 0 unspecified atom stereocenters. The Morgan fingerprint density at radius 2 is 1.30 bits per heavy atom. The van der Waals surface area contributed by atoms with Crippen molar-refractivity contribution in [3.05, 3.63) is 30.1 Å². The van der Waals surface area contributed by atoms with Gasteiger partial charge in [0.25, 0.3) is 0 Å². The summed E-state index contributed by atoms with van der Waals surface area (Å²) >= 11 is 0. The van der Waals surface area contributed by atoms with Crippen LogP contribution >= 0.6 is 0 Å². The molecule has 0 amide bonds. The van der Waals surface area contributed by atoms with Crippen LogP contribution in [-0.4, -0.2) is 136 Å². The van der Waals surface area contributed by atoms with Crippen LogP contribution in [0, 0.1) is 11.3 Å². The molecule has 1 aromatic rings. The van der Waals surface area contributed by atoms with Crippen LogP contribution in [-0.2, 0) is 25.7 Å². The summed E-state index contributed by atoms with van der Waals surface area (Å²) in [6, 6.07) is 5.99. The van der Waals surface area contributed by atoms with Gasteiger partial charge in [-0.2, -0.15) is 39.5 Å². The number of hydrogen-bond donors (Lipinski definition) is 4. The van der Waals surface area contributed by atoms with Crippen molar-refractivity contribution in [2.75, 3.05) is 53.4 Å². The van der Waals surface area contributed by atoms with Crippen LogP contribution in [0.25, 0.3) is 0 Å². The van der Waals surface area contributed by atoms with Crippen molar-refractivity contribution in [1.29, 1.82) is 0 Å². The standard InChI is InChI=1S/C19H30N4O2.3C2HF3O2/c1-21(2)10-11-23-13-16-12-22(14-17-6-3-4-8-20-17)9-5-7-19(16,15-23)18(24)25;3*3-2(4,5)1(6)7/h3-4,6,8,16H,5,7,9-15H2,1-2H3,(H,24,25);3*(H,6,7)/t16-,19-;;;/m0.../s1. The molecular weight excluding hydrogens is 655 g/mol. The molecule has 46 heavy (non-hydrogen) atoms. The third-order valence-electron chi connectivity index (χ3n) is 6.47. The highest BCUT2D eigenvalue weighted by molar-refractivity contribution is 5.76. The lowest BCUT2D eigenvalue weighted by Gasteiger charge is -2.29. The number of nitrogens with zero attached hydrogens (tertiary/aromatic N) is 4. The first-order valence-electron chi connectivity index (χ1n) is 13.0. The molecule has 2 atom stereocenters. The maximum Gasteiger partial charge on any atom is 0.490 e. The fraction of sp³-hybridized carbons (Fsp3) is 0.640. The third-order valence-corrected chi connectivity index (χ3v) is 6.47. The number of hydrogen-bond acceptors (Lipinski definition) is 8. The number of pyridine rings is 1. The molecule has 2 aliphatic heterocycles. The van der Waals surface area contributed by atoms with Crippen molar-refractivity contribution in [2.24, 2.45) is 11.3 Å². The van der Waals surface area contributed by atoms with E-state index in [9.17, 15) is 49.4 Å². The van der Waals surface area contributed by atoms with Gasteiger partial charge in [0.2, 0.25) is 0 Å². The molecule has 1 aromatic heterocycles. The normalized spacial score (nSPS) is 20.4. The fourth-order valence-electron chi connectivity index (χ4n) is 4.34. The molecule has 0 radical (unpaired) electrons. The summed E-state index contributed by atoms with van der Waals surface area (Å²) in [5.41, 5.74) is 0.485. The van der Waals surface area contributed by atoms with Gasteiger partial charge in [0.05, 0.1) is 11.1 Å². The fourth-order valence-corrected chi connectivity index (χ4v) is 4.34. The molecule has 2 fully saturated rings. The predicted molar refractivity (Wildman–Crippen MR) is 138 cm³/mol. The van der Waals surface area contributed by atoms with E-state index in [0.717, 1.165) is 57.8 Å². The second-order valence-corrected chi connectivity index (χ2v) is 10.3. The van der Waals surface area contributed by atoms with E-state index >= 15 is 0 Å². The van der Waals surface area contributed by atoms with E-state index in [4.69, 9.17) is 29.7 Å². The van der Waals surface area contributed by atoms with Gasteiger partial charge in [-0.05, 0) is 45.6 Å². The number of carboxylic acids is 4. The van der Waals surface area contributed by atoms with E-state index in [-0.39, 0.29) is 5.92 Å². The van der Waals surface area contributed by atoms with Crippen LogP contribution in [0.3, 0.4) is 0 Å². The summed E-state index contributed by atoms with van der Waals surface area (Å²) in [7, 11) is 4.13. The lowest BCUT2D eigenvalue weighted by Crippen LogP contribution is -2.41. The molecule has 21 heteroatoms. The van der Waals surface area contributed by atoms with E-state index < -0.39 is 47.8 Å². The number of carboxylic acid groups (broad SMARTS) is 4. The molecular formula is C25H33F9N4O8. The number of fused-ring (bicyclic) bond motifs is 1. The zero-order valence-electron chi connectivity index (χ0n) is 24.4. The number of likely N-dealkylation sites (tertiary alicyclic amines) is 2. The van der Waals surface area contributed by atoms with Gasteiger partial charge in [-0.15, -0.1) is 0 Å². The summed E-state index contributed by atoms with van der Waals surface area (Å²) < 4.78 is 95.2. The van der Waals surface area contributed by atoms with Crippen LogP contribution in [0.4, 0.5) is 39.5 Å². The average Bonchev–Trinajstić information content (AvgIpc) is 3.16. The topological polar surface area (TPSA) is 172 Å². The number of aliphatic carboxylic acids is 4. The summed E-state index contributed by atoms with van der Waals surface area (Å²) in [4.78, 5) is 50.2. The Kier molecular flexibility index (Phi) is 16.4. The molecule has 264 valence electrons. The second kappa shape index (κ2) is 17.8. The number of likely N-dealkylation sites (N-methyl/N-ethyl adjacent to an activating group) is 1. The minimum absolute atomic E-state index is 0.193. The molecule has 0 spiro atoms. The molecule has 0 aliphatic carbocycles. The SMILES string of the molecule is CN(C)CCN1C[C@@H]2CN(Cc3ccccn3)CCC[C@]2(C(=O)O)C1.O=C(O)C(F)(F)F.O=C(O)C(F)(F)F.O=C(O)C(F)(F)F. The Morgan fingerprint density at radius 1 is 0.848 bits per heavy atom. The van der Waals surface area contributed by atoms with Crippen molar-refractivity contribution >= 4 is 23.9 Å². The van der Waals surface area contributed by atoms with E-state index in [2.05, 4.69) is 33.8 Å². The zero-order chi connectivity index (χ0) is 36.1. The van der Waals surface area contributed by atoms with Crippen LogP contribution < -0.4 is 0 Å². The van der Waals surface area contributed by atoms with E-state index in [1.165, 1.54) is 0 Å². The van der Waals surface area contributed by atoms with Crippen LogP contribution in [0.1, 0.15) is 18.5 Å². The average molecular weight is 689 g/mol. The number of halogens is 9. The van der Waals surface area contributed by atoms with Gasteiger partial charge in [-0.3, -0.25) is 14.7 Å². The van der Waals surface area contributed by atoms with E-state index in [0.29, 0.717) is 6.54 Å². The van der Waals surface area contributed by atoms with Crippen molar-refractivity contribution in [2.45, 2.75) is 37.9 Å². The third kappa shape index (κ3) is 15.5.